The highest BCUT2D eigenvalue weighted by atomic mass is 16.5. The predicted octanol–water partition coefficient (Wildman–Crippen LogP) is 1.38. The van der Waals surface area contributed by atoms with Gasteiger partial charge in [-0.05, 0) is 24.0 Å². The van der Waals surface area contributed by atoms with E-state index in [4.69, 9.17) is 4.74 Å². The van der Waals surface area contributed by atoms with Gasteiger partial charge in [0.15, 0.2) is 0 Å². The van der Waals surface area contributed by atoms with Crippen molar-refractivity contribution in [3.8, 4) is 0 Å². The summed E-state index contributed by atoms with van der Waals surface area (Å²) in [7, 11) is 1.33. The van der Waals surface area contributed by atoms with E-state index >= 15 is 0 Å². The Hall–Kier alpha value is -1.84. The van der Waals surface area contributed by atoms with Crippen molar-refractivity contribution in [1.82, 2.24) is 0 Å². The van der Waals surface area contributed by atoms with Gasteiger partial charge in [-0.3, -0.25) is 9.59 Å². The molecule has 0 aromatic heterocycles. The summed E-state index contributed by atoms with van der Waals surface area (Å²) >= 11 is 0. The molecule has 0 N–H and O–H groups in total. The van der Waals surface area contributed by atoms with Crippen molar-refractivity contribution in [2.24, 2.45) is 11.8 Å². The van der Waals surface area contributed by atoms with Gasteiger partial charge in [-0.2, -0.15) is 0 Å². The van der Waals surface area contributed by atoms with Gasteiger partial charge in [-0.15, -0.1) is 0 Å². The highest BCUT2D eigenvalue weighted by Gasteiger charge is 2.53. The standard InChI is InChI=1S/C14H15NO3/c1-8-11-7-9-5-3-4-6-10(9)15(11)13(16)12(8)14(17)18-2/h3-6,8,11-12H,7H2,1-2H3/t8-,11+,12+/m0/s1. The lowest BCUT2D eigenvalue weighted by Crippen LogP contribution is -2.32. The largest absolute Gasteiger partial charge is 0.468 e. The monoisotopic (exact) mass is 245 g/mol. The van der Waals surface area contributed by atoms with Crippen molar-refractivity contribution in [1.29, 1.82) is 0 Å². The first kappa shape index (κ1) is 11.3. The van der Waals surface area contributed by atoms with E-state index in [9.17, 15) is 9.59 Å². The van der Waals surface area contributed by atoms with Gasteiger partial charge >= 0.3 is 5.97 Å². The Labute approximate surface area is 106 Å². The molecule has 2 aliphatic rings. The van der Waals surface area contributed by atoms with Crippen molar-refractivity contribution in [2.45, 2.75) is 19.4 Å². The van der Waals surface area contributed by atoms with Crippen molar-refractivity contribution >= 4 is 17.6 Å². The van der Waals surface area contributed by atoms with Crippen molar-refractivity contribution in [3.63, 3.8) is 0 Å². The number of carbonyl (C=O) groups is 2. The van der Waals surface area contributed by atoms with E-state index in [1.54, 1.807) is 4.90 Å². The molecule has 2 heterocycles. The lowest BCUT2D eigenvalue weighted by molar-refractivity contribution is -0.149. The number of hydrogen-bond acceptors (Lipinski definition) is 3. The Morgan fingerprint density at radius 2 is 2.11 bits per heavy atom. The second kappa shape index (κ2) is 3.83. The number of anilines is 1. The molecule has 0 unspecified atom stereocenters. The third kappa shape index (κ3) is 1.32. The van der Waals surface area contributed by atoms with Crippen molar-refractivity contribution < 1.29 is 14.3 Å². The number of ether oxygens (including phenoxy) is 1. The number of para-hydroxylation sites is 1. The molecule has 4 heteroatoms. The highest BCUT2D eigenvalue weighted by Crippen LogP contribution is 2.43. The third-order valence-electron chi connectivity index (χ3n) is 4.10. The van der Waals surface area contributed by atoms with Gasteiger partial charge in [0.2, 0.25) is 5.91 Å². The Bertz CT molecular complexity index is 526. The van der Waals surface area contributed by atoms with Crippen LogP contribution in [0.25, 0.3) is 0 Å². The number of carbonyl (C=O) groups excluding carboxylic acids is 2. The average molecular weight is 245 g/mol. The summed E-state index contributed by atoms with van der Waals surface area (Å²) in [6.07, 6.45) is 0.830. The lowest BCUT2D eigenvalue weighted by Gasteiger charge is -2.17. The van der Waals surface area contributed by atoms with Crippen LogP contribution in [0.3, 0.4) is 0 Å². The summed E-state index contributed by atoms with van der Waals surface area (Å²) in [4.78, 5) is 25.9. The molecule has 4 nitrogen and oxygen atoms in total. The average Bonchev–Trinajstić information content (AvgIpc) is 2.87. The molecule has 2 aliphatic heterocycles. The number of esters is 1. The molecule has 1 fully saturated rings. The zero-order valence-corrected chi connectivity index (χ0v) is 10.4. The molecule has 94 valence electrons. The van der Waals surface area contributed by atoms with Gasteiger partial charge in [0.1, 0.15) is 5.92 Å². The zero-order chi connectivity index (χ0) is 12.9. The first-order chi connectivity index (χ1) is 8.65. The van der Waals surface area contributed by atoms with Crippen molar-refractivity contribution in [2.75, 3.05) is 12.0 Å². The van der Waals surface area contributed by atoms with Crippen molar-refractivity contribution in [3.05, 3.63) is 29.8 Å². The maximum absolute atomic E-state index is 12.4. The van der Waals surface area contributed by atoms with Crippen LogP contribution >= 0.6 is 0 Å². The van der Waals surface area contributed by atoms with Gasteiger partial charge in [-0.1, -0.05) is 25.1 Å². The molecule has 0 spiro atoms. The molecular weight excluding hydrogens is 230 g/mol. The Kier molecular flexibility index (Phi) is 2.40. The fourth-order valence-electron chi connectivity index (χ4n) is 3.16. The molecule has 0 bridgehead atoms. The summed E-state index contributed by atoms with van der Waals surface area (Å²) in [5, 5.41) is 0. The maximum atomic E-state index is 12.4. The molecule has 18 heavy (non-hydrogen) atoms. The molecule has 1 saturated heterocycles. The molecule has 1 aromatic rings. The van der Waals surface area contributed by atoms with E-state index in [1.807, 2.05) is 31.2 Å². The van der Waals surface area contributed by atoms with Gasteiger partial charge in [0.05, 0.1) is 7.11 Å². The van der Waals surface area contributed by atoms with E-state index in [2.05, 4.69) is 0 Å². The SMILES string of the molecule is COC(=O)[C@H]1C(=O)N2c3ccccc3C[C@@H]2[C@@H]1C. The Morgan fingerprint density at radius 1 is 1.39 bits per heavy atom. The fraction of sp³-hybridized carbons (Fsp3) is 0.429. The number of hydrogen-bond donors (Lipinski definition) is 0. The lowest BCUT2D eigenvalue weighted by atomic mass is 9.89. The quantitative estimate of drug-likeness (QED) is 0.554. The summed E-state index contributed by atoms with van der Waals surface area (Å²) in [6, 6.07) is 7.98. The summed E-state index contributed by atoms with van der Waals surface area (Å²) < 4.78 is 4.74. The van der Waals surface area contributed by atoms with Gasteiger partial charge in [-0.25, -0.2) is 0 Å². The van der Waals surface area contributed by atoms with Gasteiger partial charge in [0.25, 0.3) is 0 Å². The molecule has 0 saturated carbocycles. The van der Waals surface area contributed by atoms with Crippen LogP contribution in [0.2, 0.25) is 0 Å². The van der Waals surface area contributed by atoms with E-state index in [0.717, 1.165) is 12.1 Å². The summed E-state index contributed by atoms with van der Waals surface area (Å²) in [5.74, 6) is -1.19. The van der Waals surface area contributed by atoms with Crippen LogP contribution in [-0.2, 0) is 20.7 Å². The molecule has 3 rings (SSSR count). The van der Waals surface area contributed by atoms with E-state index in [-0.39, 0.29) is 17.9 Å². The molecular formula is C14H15NO3. The second-order valence-electron chi connectivity index (χ2n) is 4.97. The van der Waals surface area contributed by atoms with E-state index in [0.29, 0.717) is 0 Å². The normalized spacial score (nSPS) is 29.1. The number of methoxy groups -OCH3 is 1. The Morgan fingerprint density at radius 3 is 2.83 bits per heavy atom. The molecule has 1 amide bonds. The maximum Gasteiger partial charge on any atom is 0.318 e. The predicted molar refractivity (Wildman–Crippen MR) is 66.1 cm³/mol. The van der Waals surface area contributed by atoms with Crippen LogP contribution in [0.15, 0.2) is 24.3 Å². The fourth-order valence-corrected chi connectivity index (χ4v) is 3.16. The molecule has 3 atom stereocenters. The van der Waals surface area contributed by atoms with Crippen LogP contribution < -0.4 is 4.90 Å². The second-order valence-corrected chi connectivity index (χ2v) is 4.97. The number of fused-ring (bicyclic) bond motifs is 3. The first-order valence-corrected chi connectivity index (χ1v) is 6.14. The first-order valence-electron chi connectivity index (χ1n) is 6.14. The summed E-state index contributed by atoms with van der Waals surface area (Å²) in [6.45, 7) is 1.95. The zero-order valence-electron chi connectivity index (χ0n) is 10.4. The highest BCUT2D eigenvalue weighted by molar-refractivity contribution is 6.10. The minimum absolute atomic E-state index is 0.00245. The van der Waals surface area contributed by atoms with Gasteiger partial charge < -0.3 is 9.64 Å². The summed E-state index contributed by atoms with van der Waals surface area (Å²) in [5.41, 5.74) is 2.14. The molecule has 0 aliphatic carbocycles. The number of rotatable bonds is 1. The molecule has 0 radical (unpaired) electrons. The van der Waals surface area contributed by atoms with Crippen LogP contribution in [0.1, 0.15) is 12.5 Å². The Balaban J connectivity index is 2.01. The number of benzene rings is 1. The smallest absolute Gasteiger partial charge is 0.318 e. The van der Waals surface area contributed by atoms with E-state index < -0.39 is 11.9 Å². The van der Waals surface area contributed by atoms with Crippen LogP contribution in [-0.4, -0.2) is 25.0 Å². The third-order valence-corrected chi connectivity index (χ3v) is 4.10. The van der Waals surface area contributed by atoms with Crippen LogP contribution in [0.5, 0.6) is 0 Å². The minimum Gasteiger partial charge on any atom is -0.468 e. The number of amides is 1. The topological polar surface area (TPSA) is 46.6 Å². The van der Waals surface area contributed by atoms with Crippen LogP contribution in [0, 0.1) is 11.8 Å². The molecule has 1 aromatic carbocycles. The minimum atomic E-state index is -0.645. The number of nitrogens with zero attached hydrogens (tertiary/aromatic N) is 1. The van der Waals surface area contributed by atoms with E-state index in [1.165, 1.54) is 12.7 Å². The van der Waals surface area contributed by atoms with Gasteiger partial charge in [0, 0.05) is 11.7 Å². The van der Waals surface area contributed by atoms with Crippen LogP contribution in [0.4, 0.5) is 5.69 Å².